The van der Waals surface area contributed by atoms with E-state index in [1.54, 1.807) is 0 Å². The van der Waals surface area contributed by atoms with Crippen LogP contribution in [0, 0.1) is 11.8 Å². The molecule has 0 bridgehead atoms. The Hall–Kier alpha value is -0.240. The van der Waals surface area contributed by atoms with Crippen LogP contribution in [0.25, 0.3) is 0 Å². The van der Waals surface area contributed by atoms with Crippen molar-refractivity contribution in [3.63, 3.8) is 0 Å². The van der Waals surface area contributed by atoms with E-state index in [1.807, 2.05) is 0 Å². The van der Waals surface area contributed by atoms with Crippen molar-refractivity contribution < 1.29 is 31.2 Å². The lowest BCUT2D eigenvalue weighted by Gasteiger charge is -2.34. The van der Waals surface area contributed by atoms with Crippen LogP contribution < -0.4 is 0 Å². The molecule has 0 aromatic carbocycles. The van der Waals surface area contributed by atoms with Crippen LogP contribution in [0.1, 0.15) is 26.2 Å². The highest BCUT2D eigenvalue weighted by Crippen LogP contribution is 2.35. The molecule has 0 spiro atoms. The van der Waals surface area contributed by atoms with Gasteiger partial charge < -0.3 is 5.11 Å². The summed E-state index contributed by atoms with van der Waals surface area (Å²) < 4.78 is 0. The van der Waals surface area contributed by atoms with E-state index in [0.29, 0.717) is 12.5 Å². The summed E-state index contributed by atoms with van der Waals surface area (Å²) in [6, 6.07) is 0. The van der Waals surface area contributed by atoms with Crippen molar-refractivity contribution in [3.05, 3.63) is 0 Å². The van der Waals surface area contributed by atoms with Crippen LogP contribution >= 0.6 is 0 Å². The molecule has 6 heteroatoms. The summed E-state index contributed by atoms with van der Waals surface area (Å²) in [4.78, 5) is 0. The minimum atomic E-state index is 0.415. The molecule has 1 rings (SSSR count). The van der Waals surface area contributed by atoms with Gasteiger partial charge in [0, 0.05) is 6.61 Å². The van der Waals surface area contributed by atoms with Gasteiger partial charge in [-0.2, -0.15) is 0 Å². The lowest BCUT2D eigenvalue weighted by molar-refractivity contribution is -0.465. The molecule has 0 radical (unpaired) electrons. The molecule has 6 nitrogen and oxygen atoms in total. The van der Waals surface area contributed by atoms with Gasteiger partial charge in [-0.15, -0.1) is 0 Å². The van der Waals surface area contributed by atoms with Gasteiger partial charge in [-0.1, -0.05) is 18.4 Å². The van der Waals surface area contributed by atoms with Gasteiger partial charge in [0.2, 0.25) is 0 Å². The molecule has 0 aromatic heterocycles. The van der Waals surface area contributed by atoms with E-state index >= 15 is 0 Å². The fraction of sp³-hybridized carbons (Fsp3) is 1.00. The molecule has 0 aromatic rings. The number of hydrogen-bond acceptors (Lipinski definition) is 6. The molecule has 0 amide bonds. The Labute approximate surface area is 76.8 Å². The molecule has 2 unspecified atom stereocenters. The Morgan fingerprint density at radius 2 is 1.54 bits per heavy atom. The third-order valence-electron chi connectivity index (χ3n) is 2.33. The Balaban J connectivity index is 0. The summed E-state index contributed by atoms with van der Waals surface area (Å²) in [6.45, 7) is 2.62. The lowest BCUT2D eigenvalue weighted by atomic mass is 9.73. The van der Waals surface area contributed by atoms with Crippen LogP contribution in [0.15, 0.2) is 0 Å². The highest BCUT2D eigenvalue weighted by Gasteiger charge is 2.27. The second-order valence-electron chi connectivity index (χ2n) is 2.77. The van der Waals surface area contributed by atoms with Gasteiger partial charge in [0.05, 0.1) is 0 Å². The summed E-state index contributed by atoms with van der Waals surface area (Å²) in [5.74, 6) is 1.50. The highest BCUT2D eigenvalue weighted by atomic mass is 17.4. The first-order valence-corrected chi connectivity index (χ1v) is 4.05. The lowest BCUT2D eigenvalue weighted by Crippen LogP contribution is -2.27. The largest absolute Gasteiger partial charge is 0.396 e. The molecule has 1 aliphatic rings. The Morgan fingerprint density at radius 1 is 1.15 bits per heavy atom. The molecule has 5 N–H and O–H groups in total. The van der Waals surface area contributed by atoms with Crippen LogP contribution in [-0.2, 0) is 5.04 Å². The Bertz CT molecular complexity index is 75.1. The molecule has 0 aliphatic heterocycles. The van der Waals surface area contributed by atoms with Gasteiger partial charge in [-0.05, 0) is 24.7 Å². The Kier molecular flexibility index (Phi) is 13.8. The van der Waals surface area contributed by atoms with Crippen molar-refractivity contribution in [2.45, 2.75) is 26.2 Å². The monoisotopic (exact) mass is 198 g/mol. The predicted octanol–water partition coefficient (Wildman–Crippen LogP) is 1.38. The first-order chi connectivity index (χ1) is 6.29. The van der Waals surface area contributed by atoms with Crippen molar-refractivity contribution in [3.8, 4) is 0 Å². The van der Waals surface area contributed by atoms with Gasteiger partial charge in [0.15, 0.2) is 0 Å². The van der Waals surface area contributed by atoms with E-state index in [4.69, 9.17) is 26.1 Å². The summed E-state index contributed by atoms with van der Waals surface area (Å²) in [6.07, 6.45) is 3.86. The van der Waals surface area contributed by atoms with Gasteiger partial charge in [0.1, 0.15) is 0 Å². The summed E-state index contributed by atoms with van der Waals surface area (Å²) in [7, 11) is 0. The third-order valence-corrected chi connectivity index (χ3v) is 2.33. The topological polar surface area (TPSA) is 110 Å². The van der Waals surface area contributed by atoms with E-state index in [1.165, 1.54) is 19.3 Å². The molecule has 1 aliphatic carbocycles. The Morgan fingerprint density at radius 3 is 1.62 bits per heavy atom. The molecule has 82 valence electrons. The SMILES string of the molecule is CCC1CCC1CO.OO.OOO. The van der Waals surface area contributed by atoms with Crippen LogP contribution in [0.2, 0.25) is 0 Å². The number of rotatable bonds is 2. The average Bonchev–Trinajstić information content (AvgIpc) is 2.09. The molecular formula is C7H18O6. The van der Waals surface area contributed by atoms with E-state index < -0.39 is 0 Å². The first kappa shape index (κ1) is 15.2. The second-order valence-corrected chi connectivity index (χ2v) is 2.77. The van der Waals surface area contributed by atoms with Gasteiger partial charge in [-0.25, -0.2) is 10.5 Å². The van der Waals surface area contributed by atoms with Crippen molar-refractivity contribution in [1.29, 1.82) is 0 Å². The third kappa shape index (κ3) is 6.88. The summed E-state index contributed by atoms with van der Waals surface area (Å²) in [5.41, 5.74) is 0. The van der Waals surface area contributed by atoms with Crippen molar-refractivity contribution >= 4 is 0 Å². The normalized spacial score (nSPS) is 24.5. The van der Waals surface area contributed by atoms with E-state index in [0.717, 1.165) is 5.92 Å². The molecule has 1 fully saturated rings. The van der Waals surface area contributed by atoms with Crippen LogP contribution in [-0.4, -0.2) is 32.7 Å². The smallest absolute Gasteiger partial charge is 0.0461 e. The fourth-order valence-electron chi connectivity index (χ4n) is 1.42. The van der Waals surface area contributed by atoms with Crippen molar-refractivity contribution in [2.75, 3.05) is 6.61 Å². The quantitative estimate of drug-likeness (QED) is 0.338. The zero-order chi connectivity index (χ0) is 10.7. The fourth-order valence-corrected chi connectivity index (χ4v) is 1.42. The van der Waals surface area contributed by atoms with Gasteiger partial charge >= 0.3 is 0 Å². The van der Waals surface area contributed by atoms with E-state index in [9.17, 15) is 0 Å². The van der Waals surface area contributed by atoms with Crippen LogP contribution in [0.3, 0.4) is 0 Å². The standard InChI is InChI=1S/C7H14O.H2O3.H2O2/c1-2-6-3-4-7(6)5-8;1-3-2;1-2/h6-8H,2-5H2,1H3;1-2H;1-2H. The number of aliphatic hydroxyl groups excluding tert-OH is 1. The second kappa shape index (κ2) is 11.8. The van der Waals surface area contributed by atoms with Gasteiger partial charge in [-0.3, -0.25) is 10.5 Å². The van der Waals surface area contributed by atoms with Crippen LogP contribution in [0.5, 0.6) is 0 Å². The molecular weight excluding hydrogens is 180 g/mol. The minimum Gasteiger partial charge on any atom is -0.396 e. The van der Waals surface area contributed by atoms with Gasteiger partial charge in [0.25, 0.3) is 0 Å². The zero-order valence-corrected chi connectivity index (χ0v) is 7.63. The molecule has 1 saturated carbocycles. The first-order valence-electron chi connectivity index (χ1n) is 4.05. The maximum Gasteiger partial charge on any atom is 0.0461 e. The molecule has 0 heterocycles. The number of aliphatic hydroxyl groups is 1. The number of hydrogen-bond donors (Lipinski definition) is 5. The van der Waals surface area contributed by atoms with Crippen LogP contribution in [0.4, 0.5) is 0 Å². The van der Waals surface area contributed by atoms with E-state index in [-0.39, 0.29) is 0 Å². The molecule has 13 heavy (non-hydrogen) atoms. The molecule has 0 saturated heterocycles. The van der Waals surface area contributed by atoms with Crippen molar-refractivity contribution in [1.82, 2.24) is 0 Å². The minimum absolute atomic E-state index is 0.415. The average molecular weight is 198 g/mol. The maximum atomic E-state index is 8.69. The predicted molar refractivity (Wildman–Crippen MR) is 45.2 cm³/mol. The summed E-state index contributed by atoms with van der Waals surface area (Å²) in [5, 5.41) is 36.2. The van der Waals surface area contributed by atoms with Crippen molar-refractivity contribution in [2.24, 2.45) is 11.8 Å². The maximum absolute atomic E-state index is 8.69. The zero-order valence-electron chi connectivity index (χ0n) is 7.63. The highest BCUT2D eigenvalue weighted by molar-refractivity contribution is 4.78. The summed E-state index contributed by atoms with van der Waals surface area (Å²) >= 11 is 0. The van der Waals surface area contributed by atoms with E-state index in [2.05, 4.69) is 12.0 Å². The molecule has 2 atom stereocenters.